The summed E-state index contributed by atoms with van der Waals surface area (Å²) in [5, 5.41) is 5.20. The van der Waals surface area contributed by atoms with Crippen LogP contribution in [-0.4, -0.2) is 27.5 Å². The van der Waals surface area contributed by atoms with Gasteiger partial charge in [0.25, 0.3) is 0 Å². The molecule has 1 aromatic heterocycles. The predicted molar refractivity (Wildman–Crippen MR) is 137 cm³/mol. The SMILES string of the molecule is CC(C)(C)c1ccc(C2c3sc(=O)n(CC(=O)Nc4ccccc4)c3SC3C(=O)NC(=O)C32)cc1. The highest BCUT2D eigenvalue weighted by Gasteiger charge is 2.52. The van der Waals surface area contributed by atoms with E-state index in [0.29, 0.717) is 10.7 Å². The minimum absolute atomic E-state index is 0.0321. The minimum atomic E-state index is -0.653. The average molecular weight is 508 g/mol. The van der Waals surface area contributed by atoms with E-state index in [-0.39, 0.29) is 34.6 Å². The lowest BCUT2D eigenvalue weighted by Crippen LogP contribution is -2.32. The van der Waals surface area contributed by atoms with Crippen LogP contribution in [0.4, 0.5) is 5.69 Å². The van der Waals surface area contributed by atoms with Gasteiger partial charge in [-0.25, -0.2) is 0 Å². The molecule has 2 aliphatic heterocycles. The van der Waals surface area contributed by atoms with Gasteiger partial charge >= 0.3 is 4.87 Å². The number of imide groups is 1. The van der Waals surface area contributed by atoms with Crippen LogP contribution in [0, 0.1) is 5.92 Å². The Morgan fingerprint density at radius 2 is 1.69 bits per heavy atom. The molecule has 3 aromatic rings. The van der Waals surface area contributed by atoms with Gasteiger partial charge in [0.2, 0.25) is 17.7 Å². The third kappa shape index (κ3) is 4.34. The number of aromatic nitrogens is 1. The van der Waals surface area contributed by atoms with Gasteiger partial charge in [-0.1, -0.05) is 86.3 Å². The molecular formula is C26H25N3O4S2. The van der Waals surface area contributed by atoms with Crippen molar-refractivity contribution in [3.05, 3.63) is 80.3 Å². The van der Waals surface area contributed by atoms with Crippen molar-refractivity contribution in [2.75, 3.05) is 5.32 Å². The number of thioether (sulfide) groups is 1. The molecule has 1 saturated heterocycles. The summed E-state index contributed by atoms with van der Waals surface area (Å²) >= 11 is 2.25. The van der Waals surface area contributed by atoms with E-state index in [4.69, 9.17) is 0 Å². The van der Waals surface area contributed by atoms with Crippen LogP contribution in [0.25, 0.3) is 0 Å². The van der Waals surface area contributed by atoms with Gasteiger partial charge in [-0.05, 0) is 28.7 Å². The van der Waals surface area contributed by atoms with Crippen LogP contribution in [0.2, 0.25) is 0 Å². The summed E-state index contributed by atoms with van der Waals surface area (Å²) in [6, 6.07) is 17.1. The molecule has 0 radical (unpaired) electrons. The quantitative estimate of drug-likeness (QED) is 0.525. The van der Waals surface area contributed by atoms with E-state index >= 15 is 0 Å². The van der Waals surface area contributed by atoms with Gasteiger partial charge in [-0.3, -0.25) is 29.1 Å². The van der Waals surface area contributed by atoms with Crippen molar-refractivity contribution in [2.24, 2.45) is 5.92 Å². The van der Waals surface area contributed by atoms with E-state index in [2.05, 4.69) is 31.4 Å². The summed E-state index contributed by atoms with van der Waals surface area (Å²) in [4.78, 5) is 51.7. The molecular weight excluding hydrogens is 482 g/mol. The van der Waals surface area contributed by atoms with Crippen molar-refractivity contribution in [1.29, 1.82) is 0 Å². The van der Waals surface area contributed by atoms with E-state index in [1.165, 1.54) is 16.3 Å². The Balaban J connectivity index is 1.54. The Morgan fingerprint density at radius 3 is 2.34 bits per heavy atom. The standard InChI is InChI=1S/C26H25N3O4S2/c1-26(2,3)15-11-9-14(10-12-15)18-19-20(23(32)28-22(19)31)34-24-21(18)35-25(33)29(24)13-17(30)27-16-7-5-4-6-8-16/h4-12,18-20H,13H2,1-3H3,(H,27,30)(H,28,31,32). The van der Waals surface area contributed by atoms with Crippen LogP contribution in [0.3, 0.4) is 0 Å². The van der Waals surface area contributed by atoms with E-state index in [1.807, 2.05) is 42.5 Å². The van der Waals surface area contributed by atoms with E-state index in [0.717, 1.165) is 27.3 Å². The lowest BCUT2D eigenvalue weighted by atomic mass is 9.81. The molecule has 0 bridgehead atoms. The van der Waals surface area contributed by atoms with Crippen molar-refractivity contribution < 1.29 is 14.4 Å². The summed E-state index contributed by atoms with van der Waals surface area (Å²) in [6.07, 6.45) is 0. The lowest BCUT2D eigenvalue weighted by Gasteiger charge is -2.31. The molecule has 3 atom stereocenters. The number of nitrogens with zero attached hydrogens (tertiary/aromatic N) is 1. The third-order valence-corrected chi connectivity index (χ3v) is 9.00. The first kappa shape index (κ1) is 23.6. The van der Waals surface area contributed by atoms with Gasteiger partial charge in [0.1, 0.15) is 11.8 Å². The highest BCUT2D eigenvalue weighted by atomic mass is 32.2. The highest BCUT2D eigenvalue weighted by Crippen LogP contribution is 2.51. The van der Waals surface area contributed by atoms with Crippen LogP contribution in [0.1, 0.15) is 42.7 Å². The number of rotatable bonds is 4. The Bertz CT molecular complexity index is 1370. The molecule has 3 heterocycles. The monoisotopic (exact) mass is 507 g/mol. The number of carbonyl (C=O) groups excluding carboxylic acids is 3. The number of carbonyl (C=O) groups is 3. The third-order valence-electron chi connectivity index (χ3n) is 6.38. The Labute approximate surface area is 210 Å². The fourth-order valence-corrected chi connectivity index (χ4v) is 7.33. The van der Waals surface area contributed by atoms with Gasteiger partial charge < -0.3 is 5.32 Å². The molecule has 5 rings (SSSR count). The molecule has 3 unspecified atom stereocenters. The zero-order valence-corrected chi connectivity index (χ0v) is 21.2. The number of hydrogen-bond acceptors (Lipinski definition) is 6. The molecule has 2 N–H and O–H groups in total. The number of para-hydroxylation sites is 1. The van der Waals surface area contributed by atoms with E-state index in [1.54, 1.807) is 12.1 Å². The normalized spacial score (nSPS) is 21.3. The first-order valence-corrected chi connectivity index (χ1v) is 13.0. The number of amides is 3. The maximum atomic E-state index is 13.0. The molecule has 0 aliphatic carbocycles. The Morgan fingerprint density at radius 1 is 1.00 bits per heavy atom. The van der Waals surface area contributed by atoms with Crippen LogP contribution >= 0.6 is 23.1 Å². The largest absolute Gasteiger partial charge is 0.325 e. The highest BCUT2D eigenvalue weighted by molar-refractivity contribution is 8.00. The van der Waals surface area contributed by atoms with Crippen LogP contribution in [0.15, 0.2) is 64.4 Å². The zero-order chi connectivity index (χ0) is 24.9. The van der Waals surface area contributed by atoms with Gasteiger partial charge in [0.15, 0.2) is 0 Å². The minimum Gasteiger partial charge on any atom is -0.325 e. The summed E-state index contributed by atoms with van der Waals surface area (Å²) in [7, 11) is 0. The molecule has 180 valence electrons. The molecule has 0 saturated carbocycles. The lowest BCUT2D eigenvalue weighted by molar-refractivity contribution is -0.126. The second kappa shape index (κ2) is 8.80. The van der Waals surface area contributed by atoms with Gasteiger partial charge in [0.05, 0.1) is 10.9 Å². The average Bonchev–Trinajstić information content (AvgIpc) is 3.27. The van der Waals surface area contributed by atoms with Gasteiger partial charge in [-0.2, -0.15) is 0 Å². The molecule has 2 aliphatic rings. The van der Waals surface area contributed by atoms with Crippen LogP contribution < -0.4 is 15.5 Å². The molecule has 2 aromatic carbocycles. The van der Waals surface area contributed by atoms with Crippen LogP contribution in [-0.2, 0) is 26.3 Å². The predicted octanol–water partition coefficient (Wildman–Crippen LogP) is 3.72. The van der Waals surface area contributed by atoms with Crippen molar-refractivity contribution in [3.8, 4) is 0 Å². The number of thiazole rings is 1. The van der Waals surface area contributed by atoms with Crippen molar-refractivity contribution in [1.82, 2.24) is 9.88 Å². The Hall–Kier alpha value is -3.17. The first-order chi connectivity index (χ1) is 16.6. The summed E-state index contributed by atoms with van der Waals surface area (Å²) in [6.45, 7) is 6.21. The summed E-state index contributed by atoms with van der Waals surface area (Å²) < 4.78 is 1.42. The number of nitrogens with one attached hydrogen (secondary N) is 2. The van der Waals surface area contributed by atoms with Gasteiger partial charge in [-0.15, -0.1) is 0 Å². The molecule has 7 nitrogen and oxygen atoms in total. The number of benzene rings is 2. The zero-order valence-electron chi connectivity index (χ0n) is 19.5. The Kier molecular flexibility index (Phi) is 5.93. The number of fused-ring (bicyclic) bond motifs is 2. The van der Waals surface area contributed by atoms with E-state index in [9.17, 15) is 19.2 Å². The smallest absolute Gasteiger partial charge is 0.308 e. The maximum absolute atomic E-state index is 13.0. The number of anilines is 1. The number of hydrogen-bond donors (Lipinski definition) is 2. The molecule has 3 amide bonds. The van der Waals surface area contributed by atoms with Crippen molar-refractivity contribution >= 4 is 46.5 Å². The summed E-state index contributed by atoms with van der Waals surface area (Å²) in [5.41, 5.74) is 2.63. The second-order valence-corrected chi connectivity index (χ2v) is 11.9. The molecule has 35 heavy (non-hydrogen) atoms. The van der Waals surface area contributed by atoms with Crippen LogP contribution in [0.5, 0.6) is 0 Å². The maximum Gasteiger partial charge on any atom is 0.308 e. The molecule has 1 fully saturated rings. The summed E-state index contributed by atoms with van der Waals surface area (Å²) in [5.74, 6) is -2.05. The first-order valence-electron chi connectivity index (χ1n) is 11.3. The van der Waals surface area contributed by atoms with Crippen molar-refractivity contribution in [2.45, 2.75) is 48.9 Å². The molecule has 0 spiro atoms. The van der Waals surface area contributed by atoms with Gasteiger partial charge in [0, 0.05) is 16.5 Å². The van der Waals surface area contributed by atoms with Crippen molar-refractivity contribution in [3.63, 3.8) is 0 Å². The fourth-order valence-electron chi connectivity index (χ4n) is 4.59. The fraction of sp³-hybridized carbons (Fsp3) is 0.308. The second-order valence-electron chi connectivity index (χ2n) is 9.81. The van der Waals surface area contributed by atoms with E-state index < -0.39 is 17.1 Å². The molecule has 9 heteroatoms. The topological polar surface area (TPSA) is 97.3 Å².